The van der Waals surface area contributed by atoms with Crippen LogP contribution in [0.25, 0.3) is 0 Å². The minimum atomic E-state index is -0.629. The minimum absolute atomic E-state index is 0.00191. The highest BCUT2D eigenvalue weighted by Gasteiger charge is 2.22. The third-order valence-corrected chi connectivity index (χ3v) is 4.24. The predicted molar refractivity (Wildman–Crippen MR) is 88.6 cm³/mol. The minimum Gasteiger partial charge on any atom is -0.378 e. The van der Waals surface area contributed by atoms with Crippen LogP contribution in [0.3, 0.4) is 0 Å². The van der Waals surface area contributed by atoms with Gasteiger partial charge in [-0.15, -0.1) is 0 Å². The van der Waals surface area contributed by atoms with Crippen molar-refractivity contribution in [2.24, 2.45) is 0 Å². The molecule has 0 spiro atoms. The summed E-state index contributed by atoms with van der Waals surface area (Å²) < 4.78 is 6.18. The average molecular weight is 350 g/mol. The molecule has 1 aromatic heterocycles. The van der Waals surface area contributed by atoms with Crippen LogP contribution < -0.4 is 11.2 Å². The number of benzene rings is 1. The van der Waals surface area contributed by atoms with Gasteiger partial charge in [0.25, 0.3) is 11.5 Å². The number of carbonyl (C=O) groups excluding carboxylic acids is 1. The van der Waals surface area contributed by atoms with Crippen molar-refractivity contribution in [3.05, 3.63) is 67.4 Å². The number of halogens is 1. The Hall–Kier alpha value is -2.38. The first-order valence-electron chi connectivity index (χ1n) is 7.51. The molecule has 0 unspecified atom stereocenters. The number of rotatable bonds is 3. The number of aromatic amines is 1. The smallest absolute Gasteiger partial charge is 0.328 e. The zero-order chi connectivity index (χ0) is 17.1. The van der Waals surface area contributed by atoms with E-state index in [2.05, 4.69) is 4.98 Å². The van der Waals surface area contributed by atoms with Crippen molar-refractivity contribution >= 4 is 17.5 Å². The van der Waals surface area contributed by atoms with Crippen LogP contribution in [0.2, 0.25) is 5.02 Å². The summed E-state index contributed by atoms with van der Waals surface area (Å²) in [6.07, 6.45) is 1.17. The van der Waals surface area contributed by atoms with Gasteiger partial charge >= 0.3 is 5.69 Å². The Bertz CT molecular complexity index is 868. The zero-order valence-electron chi connectivity index (χ0n) is 12.8. The Morgan fingerprint density at radius 1 is 1.21 bits per heavy atom. The monoisotopic (exact) mass is 349 g/mol. The van der Waals surface area contributed by atoms with Crippen LogP contribution in [0.15, 0.2) is 40.1 Å². The molecule has 2 aromatic rings. The van der Waals surface area contributed by atoms with Gasteiger partial charge in [-0.1, -0.05) is 29.8 Å². The molecular weight excluding hydrogens is 334 g/mol. The van der Waals surface area contributed by atoms with Gasteiger partial charge in [-0.2, -0.15) is 0 Å². The first kappa shape index (κ1) is 16.5. The molecule has 7 nitrogen and oxygen atoms in total. The molecule has 1 aliphatic rings. The summed E-state index contributed by atoms with van der Waals surface area (Å²) >= 11 is 6.09. The van der Waals surface area contributed by atoms with E-state index in [1.807, 2.05) is 0 Å². The number of morpholine rings is 1. The molecule has 1 aromatic carbocycles. The molecule has 126 valence electrons. The summed E-state index contributed by atoms with van der Waals surface area (Å²) in [4.78, 5) is 41.1. The number of aromatic nitrogens is 2. The number of hydrogen-bond donors (Lipinski definition) is 1. The average Bonchev–Trinajstić information content (AvgIpc) is 2.60. The van der Waals surface area contributed by atoms with E-state index in [4.69, 9.17) is 16.3 Å². The van der Waals surface area contributed by atoms with Crippen molar-refractivity contribution in [2.75, 3.05) is 26.3 Å². The fourth-order valence-corrected chi connectivity index (χ4v) is 2.74. The van der Waals surface area contributed by atoms with Gasteiger partial charge in [0.1, 0.15) is 5.56 Å². The molecule has 1 fully saturated rings. The lowest BCUT2D eigenvalue weighted by Gasteiger charge is -2.26. The largest absolute Gasteiger partial charge is 0.378 e. The quantitative estimate of drug-likeness (QED) is 0.884. The van der Waals surface area contributed by atoms with Gasteiger partial charge in [0, 0.05) is 24.3 Å². The predicted octanol–water partition coefficient (Wildman–Crippen LogP) is 0.711. The first-order valence-corrected chi connectivity index (χ1v) is 7.88. The maximum atomic E-state index is 12.6. The second-order valence-corrected chi connectivity index (χ2v) is 5.80. The summed E-state index contributed by atoms with van der Waals surface area (Å²) in [7, 11) is 0. The van der Waals surface area contributed by atoms with E-state index in [0.717, 1.165) is 4.57 Å². The lowest BCUT2D eigenvalue weighted by atomic mass is 10.2. The van der Waals surface area contributed by atoms with Gasteiger partial charge in [-0.25, -0.2) is 4.79 Å². The second kappa shape index (κ2) is 7.02. The number of nitrogens with zero attached hydrogens (tertiary/aromatic N) is 2. The Morgan fingerprint density at radius 3 is 2.62 bits per heavy atom. The van der Waals surface area contributed by atoms with Gasteiger partial charge in [-0.3, -0.25) is 14.2 Å². The first-order chi connectivity index (χ1) is 11.6. The number of ether oxygens (including phenoxy) is 1. The van der Waals surface area contributed by atoms with E-state index < -0.39 is 17.2 Å². The van der Waals surface area contributed by atoms with Crippen molar-refractivity contribution in [3.8, 4) is 0 Å². The molecular formula is C16H16ClN3O4. The molecule has 0 saturated carbocycles. The van der Waals surface area contributed by atoms with E-state index in [1.165, 1.54) is 6.20 Å². The number of carbonyl (C=O) groups is 1. The molecule has 24 heavy (non-hydrogen) atoms. The van der Waals surface area contributed by atoms with E-state index >= 15 is 0 Å². The molecule has 0 radical (unpaired) electrons. The highest BCUT2D eigenvalue weighted by atomic mass is 35.5. The van der Waals surface area contributed by atoms with Crippen LogP contribution in [0.4, 0.5) is 0 Å². The maximum Gasteiger partial charge on any atom is 0.328 e. The number of H-pyrrole nitrogens is 1. The van der Waals surface area contributed by atoms with Crippen LogP contribution in [0.1, 0.15) is 15.9 Å². The summed E-state index contributed by atoms with van der Waals surface area (Å²) in [5.74, 6) is -0.410. The number of amides is 1. The maximum absolute atomic E-state index is 12.6. The lowest BCUT2D eigenvalue weighted by Crippen LogP contribution is -2.45. The molecule has 1 aliphatic heterocycles. The fourth-order valence-electron chi connectivity index (χ4n) is 2.54. The summed E-state index contributed by atoms with van der Waals surface area (Å²) in [5, 5.41) is 0.453. The SMILES string of the molecule is O=C(c1c[nH]c(=O)n(Cc2ccccc2Cl)c1=O)N1CCOCC1. The Morgan fingerprint density at radius 2 is 1.92 bits per heavy atom. The van der Waals surface area contributed by atoms with E-state index in [-0.39, 0.29) is 12.1 Å². The van der Waals surface area contributed by atoms with Crippen molar-refractivity contribution in [3.63, 3.8) is 0 Å². The van der Waals surface area contributed by atoms with Crippen molar-refractivity contribution in [1.82, 2.24) is 14.5 Å². The molecule has 0 bridgehead atoms. The van der Waals surface area contributed by atoms with Crippen LogP contribution in [0, 0.1) is 0 Å². The van der Waals surface area contributed by atoms with Crippen LogP contribution in [0.5, 0.6) is 0 Å². The summed E-state index contributed by atoms with van der Waals surface area (Å²) in [6.45, 7) is 1.70. The summed E-state index contributed by atoms with van der Waals surface area (Å²) in [6, 6.07) is 6.93. The van der Waals surface area contributed by atoms with Gasteiger partial charge in [0.15, 0.2) is 0 Å². The number of nitrogens with one attached hydrogen (secondary N) is 1. The molecule has 0 aliphatic carbocycles. The van der Waals surface area contributed by atoms with Gasteiger partial charge in [-0.05, 0) is 11.6 Å². The summed E-state index contributed by atoms with van der Waals surface area (Å²) in [5.41, 5.74) is -0.653. The van der Waals surface area contributed by atoms with Crippen LogP contribution in [-0.2, 0) is 11.3 Å². The Balaban J connectivity index is 1.96. The van der Waals surface area contributed by atoms with Gasteiger partial charge in [0.05, 0.1) is 19.8 Å². The van der Waals surface area contributed by atoms with Gasteiger partial charge in [0.2, 0.25) is 0 Å². The van der Waals surface area contributed by atoms with Crippen LogP contribution >= 0.6 is 11.6 Å². The third-order valence-electron chi connectivity index (χ3n) is 3.88. The molecule has 0 atom stereocenters. The Kier molecular flexibility index (Phi) is 4.82. The van der Waals surface area contributed by atoms with Crippen molar-refractivity contribution in [1.29, 1.82) is 0 Å². The van der Waals surface area contributed by atoms with Crippen LogP contribution in [-0.4, -0.2) is 46.7 Å². The van der Waals surface area contributed by atoms with E-state index in [1.54, 1.807) is 29.2 Å². The number of hydrogen-bond acceptors (Lipinski definition) is 4. The van der Waals surface area contributed by atoms with Crippen molar-refractivity contribution in [2.45, 2.75) is 6.54 Å². The van der Waals surface area contributed by atoms with E-state index in [9.17, 15) is 14.4 Å². The molecule has 3 rings (SSSR count). The fraction of sp³-hybridized carbons (Fsp3) is 0.312. The normalized spacial score (nSPS) is 14.6. The van der Waals surface area contributed by atoms with E-state index in [0.29, 0.717) is 36.9 Å². The topological polar surface area (TPSA) is 84.4 Å². The molecule has 1 saturated heterocycles. The molecule has 1 N–H and O–H groups in total. The molecule has 8 heteroatoms. The zero-order valence-corrected chi connectivity index (χ0v) is 13.6. The second-order valence-electron chi connectivity index (χ2n) is 5.39. The van der Waals surface area contributed by atoms with Crippen molar-refractivity contribution < 1.29 is 9.53 Å². The lowest BCUT2D eigenvalue weighted by molar-refractivity contribution is 0.0301. The third kappa shape index (κ3) is 3.27. The Labute approximate surface area is 142 Å². The molecule has 2 heterocycles. The standard InChI is InChI=1S/C16H16ClN3O4/c17-13-4-2-1-3-11(13)10-20-15(22)12(9-18-16(20)23)14(21)19-5-7-24-8-6-19/h1-4,9H,5-8,10H2,(H,18,23). The molecule has 1 amide bonds. The van der Waals surface area contributed by atoms with Gasteiger partial charge < -0.3 is 14.6 Å². The highest BCUT2D eigenvalue weighted by molar-refractivity contribution is 6.31. The highest BCUT2D eigenvalue weighted by Crippen LogP contribution is 2.15.